The zero-order valence-electron chi connectivity index (χ0n) is 27.8. The van der Waals surface area contributed by atoms with E-state index < -0.39 is 21.4 Å². The number of halogens is 3. The summed E-state index contributed by atoms with van der Waals surface area (Å²) in [6.07, 6.45) is 0. The number of benzene rings is 7. The lowest BCUT2D eigenvalue weighted by Gasteiger charge is -2.26. The number of fused-ring (bicyclic) bond motifs is 9. The van der Waals surface area contributed by atoms with Gasteiger partial charge in [-0.25, -0.2) is 0 Å². The minimum absolute atomic E-state index is 0.435. The van der Waals surface area contributed by atoms with Crippen LogP contribution < -0.4 is 9.08 Å². The molecule has 0 aliphatic rings. The van der Waals surface area contributed by atoms with Crippen molar-refractivity contribution in [2.45, 2.75) is 5.51 Å². The van der Waals surface area contributed by atoms with E-state index in [4.69, 9.17) is 4.18 Å². The maximum atomic E-state index is 13.8. The molecule has 11 heteroatoms. The largest absolute Gasteiger partial charge is 0.534 e. The Bertz CT molecular complexity index is 3220. The van der Waals surface area contributed by atoms with Crippen LogP contribution in [0.3, 0.4) is 0 Å². The van der Waals surface area contributed by atoms with Crippen molar-refractivity contribution in [1.82, 2.24) is 0 Å². The molecule has 0 aliphatic carbocycles. The molecule has 10 rings (SSSR count). The normalized spacial score (nSPS) is 12.5. The van der Waals surface area contributed by atoms with Gasteiger partial charge in [-0.1, -0.05) is 78.9 Å². The molecule has 0 radical (unpaired) electrons. The summed E-state index contributed by atoms with van der Waals surface area (Å²) >= 11 is 4.87. The second-order valence-electron chi connectivity index (χ2n) is 12.8. The van der Waals surface area contributed by atoms with Gasteiger partial charge in [0.1, 0.15) is 5.75 Å². The van der Waals surface area contributed by atoms with Gasteiger partial charge >= 0.3 is 15.6 Å². The Kier molecular flexibility index (Phi) is 7.54. The third-order valence-corrected chi connectivity index (χ3v) is 14.1. The van der Waals surface area contributed by atoms with Crippen LogP contribution in [-0.4, -0.2) is 13.9 Å². The van der Waals surface area contributed by atoms with Gasteiger partial charge in [-0.3, -0.25) is 0 Å². The van der Waals surface area contributed by atoms with E-state index in [1.165, 1.54) is 28.2 Å². The van der Waals surface area contributed by atoms with E-state index in [0.717, 1.165) is 72.9 Å². The second kappa shape index (κ2) is 12.3. The first-order valence-electron chi connectivity index (χ1n) is 16.8. The van der Waals surface area contributed by atoms with Gasteiger partial charge in [0.05, 0.1) is 10.4 Å². The van der Waals surface area contributed by atoms with E-state index in [-0.39, 0.29) is 0 Å². The van der Waals surface area contributed by atoms with Gasteiger partial charge in [-0.2, -0.15) is 21.6 Å². The van der Waals surface area contributed by atoms with Gasteiger partial charge in [-0.05, 0) is 71.8 Å². The number of nitrogens with zero attached hydrogens (tertiary/aromatic N) is 1. The van der Waals surface area contributed by atoms with Crippen molar-refractivity contribution in [2.24, 2.45) is 0 Å². The van der Waals surface area contributed by atoms with Crippen molar-refractivity contribution in [3.05, 3.63) is 146 Å². The first-order valence-corrected chi connectivity index (χ1v) is 20.7. The summed E-state index contributed by atoms with van der Waals surface area (Å²) in [4.78, 5) is 1.95. The van der Waals surface area contributed by atoms with Crippen LogP contribution in [0.15, 0.2) is 146 Å². The molecule has 0 atom stereocenters. The summed E-state index contributed by atoms with van der Waals surface area (Å²) in [7, 11) is -5.97. The molecule has 0 saturated carbocycles. The molecule has 3 aromatic heterocycles. The average Bonchev–Trinajstić information content (AvgIpc) is 3.85. The van der Waals surface area contributed by atoms with Crippen LogP contribution in [0.2, 0.25) is 0 Å². The van der Waals surface area contributed by atoms with E-state index in [2.05, 4.69) is 54.6 Å². The Balaban J connectivity index is 1.24. The van der Waals surface area contributed by atoms with Crippen molar-refractivity contribution < 1.29 is 25.8 Å². The Morgan fingerprint density at radius 3 is 1.98 bits per heavy atom. The third kappa shape index (κ3) is 5.33. The van der Waals surface area contributed by atoms with Crippen molar-refractivity contribution >= 4 is 122 Å². The molecule has 0 saturated heterocycles. The zero-order valence-corrected chi connectivity index (χ0v) is 31.1. The number of para-hydroxylation sites is 1. The fourth-order valence-corrected chi connectivity index (χ4v) is 11.1. The predicted molar refractivity (Wildman–Crippen MR) is 221 cm³/mol. The lowest BCUT2D eigenvalue weighted by Crippen LogP contribution is -2.28. The maximum Gasteiger partial charge on any atom is 0.534 e. The van der Waals surface area contributed by atoms with E-state index in [1.54, 1.807) is 22.7 Å². The number of alkyl halides is 3. The molecular formula is C43H24F3NO3S4. The predicted octanol–water partition coefficient (Wildman–Crippen LogP) is 14.2. The highest BCUT2D eigenvalue weighted by Crippen LogP contribution is 2.50. The van der Waals surface area contributed by atoms with Crippen LogP contribution in [0, 0.1) is 0 Å². The van der Waals surface area contributed by atoms with Crippen molar-refractivity contribution in [1.29, 1.82) is 0 Å². The number of thiophene rings is 3. The monoisotopic (exact) mass is 787 g/mol. The highest BCUT2D eigenvalue weighted by molar-refractivity contribution is 7.88. The van der Waals surface area contributed by atoms with Gasteiger partial charge in [0, 0.05) is 73.3 Å². The van der Waals surface area contributed by atoms with Crippen LogP contribution in [0.4, 0.5) is 30.2 Å². The molecule has 7 aromatic carbocycles. The minimum Gasteiger partial charge on any atom is -0.376 e. The highest BCUT2D eigenvalue weighted by atomic mass is 32.2. The summed E-state index contributed by atoms with van der Waals surface area (Å²) in [5.41, 5.74) is -1.67. The van der Waals surface area contributed by atoms with Gasteiger partial charge in [0.15, 0.2) is 0 Å². The fraction of sp³-hybridized carbons (Fsp3) is 0.0233. The van der Waals surface area contributed by atoms with Crippen molar-refractivity contribution in [3.8, 4) is 16.9 Å². The van der Waals surface area contributed by atoms with E-state index in [9.17, 15) is 21.6 Å². The molecular weight excluding hydrogens is 764 g/mol. The van der Waals surface area contributed by atoms with Crippen LogP contribution in [0.5, 0.6) is 5.75 Å². The molecule has 3 heterocycles. The fourth-order valence-electron chi connectivity index (χ4n) is 7.26. The summed E-state index contributed by atoms with van der Waals surface area (Å²) in [6, 6.07) is 47.2. The van der Waals surface area contributed by atoms with Gasteiger partial charge in [0.2, 0.25) is 0 Å². The summed E-state index contributed by atoms with van der Waals surface area (Å²) in [5, 5.41) is 5.85. The third-order valence-electron chi connectivity index (χ3n) is 9.60. The SMILES string of the molecule is O=S(=O)(Oc1cc(N(c2ccccc2)c2ccc3c(c2)sc2ccccc23)c2sc3ccc(-c4cccc5sc6ccccc6c45)cc3c2c1)C(F)(F)F. The van der Waals surface area contributed by atoms with Gasteiger partial charge in [-0.15, -0.1) is 34.0 Å². The Morgan fingerprint density at radius 2 is 1.19 bits per heavy atom. The minimum atomic E-state index is -5.97. The average molecular weight is 788 g/mol. The molecule has 0 unspecified atom stereocenters. The van der Waals surface area contributed by atoms with Crippen molar-refractivity contribution in [2.75, 3.05) is 4.90 Å². The summed E-state index contributed by atoms with van der Waals surface area (Å²) in [6.45, 7) is 0. The van der Waals surface area contributed by atoms with E-state index in [0.29, 0.717) is 11.1 Å². The lowest BCUT2D eigenvalue weighted by molar-refractivity contribution is -0.0500. The van der Waals surface area contributed by atoms with E-state index in [1.807, 2.05) is 83.8 Å². The number of hydrogen-bond acceptors (Lipinski definition) is 7. The smallest absolute Gasteiger partial charge is 0.376 e. The molecule has 0 amide bonds. The highest BCUT2D eigenvalue weighted by Gasteiger charge is 2.48. The topological polar surface area (TPSA) is 46.6 Å². The Labute approximate surface area is 318 Å². The second-order valence-corrected chi connectivity index (χ2v) is 17.6. The number of rotatable bonds is 6. The quantitative estimate of drug-likeness (QED) is 0.124. The lowest BCUT2D eigenvalue weighted by atomic mass is 9.98. The van der Waals surface area contributed by atoms with Crippen LogP contribution in [-0.2, 0) is 10.1 Å². The molecule has 0 fully saturated rings. The zero-order chi connectivity index (χ0) is 36.8. The Morgan fingerprint density at radius 1 is 0.519 bits per heavy atom. The molecule has 0 N–H and O–H groups in total. The first-order chi connectivity index (χ1) is 26.1. The molecule has 4 nitrogen and oxygen atoms in total. The molecule has 10 aromatic rings. The molecule has 264 valence electrons. The standard InChI is InChI=1S/C43H24F3NO3S4/c44-43(45,46)54(48,49)50-28-23-34-33-21-25(29-13-8-16-39-41(29)32-12-5-7-15-37(32)51-39)17-20-38(33)53-42(34)35(24-28)47(26-9-2-1-3-10-26)27-18-19-31-30-11-4-6-14-36(30)52-40(31)22-27/h1-24H. The van der Waals surface area contributed by atoms with Gasteiger partial charge in [0.25, 0.3) is 0 Å². The van der Waals surface area contributed by atoms with Crippen LogP contribution in [0.1, 0.15) is 0 Å². The molecule has 0 aliphatic heterocycles. The molecule has 54 heavy (non-hydrogen) atoms. The van der Waals surface area contributed by atoms with Crippen LogP contribution >= 0.6 is 34.0 Å². The van der Waals surface area contributed by atoms with Crippen molar-refractivity contribution in [3.63, 3.8) is 0 Å². The maximum absolute atomic E-state index is 13.8. The van der Waals surface area contributed by atoms with Gasteiger partial charge < -0.3 is 9.08 Å². The molecule has 0 spiro atoms. The number of anilines is 3. The number of hydrogen-bond donors (Lipinski definition) is 0. The van der Waals surface area contributed by atoms with Crippen LogP contribution in [0.25, 0.3) is 71.6 Å². The molecule has 0 bridgehead atoms. The van der Waals surface area contributed by atoms with E-state index >= 15 is 0 Å². The summed E-state index contributed by atoms with van der Waals surface area (Å²) in [5.74, 6) is -0.435. The Hall–Kier alpha value is -5.46. The summed E-state index contributed by atoms with van der Waals surface area (Å²) < 4.78 is 77.4. The first kappa shape index (κ1) is 33.1.